The lowest BCUT2D eigenvalue weighted by Gasteiger charge is -2.14. The third kappa shape index (κ3) is 4.63. The van der Waals surface area contributed by atoms with Crippen LogP contribution >= 0.6 is 0 Å². The lowest BCUT2D eigenvalue weighted by molar-refractivity contribution is -0.137. The van der Waals surface area contributed by atoms with Crippen molar-refractivity contribution in [2.45, 2.75) is 33.9 Å². The van der Waals surface area contributed by atoms with Gasteiger partial charge in [0.2, 0.25) is 0 Å². The molecule has 0 amide bonds. The zero-order valence-corrected chi connectivity index (χ0v) is 17.8. The first-order chi connectivity index (χ1) is 14.6. The molecule has 3 aromatic rings. The SMILES string of the molecule is CCOC(=O)C=CC=Cc1c(COC)nc2c(cnn2CC)c1-c1cncc(C)c1. The van der Waals surface area contributed by atoms with Crippen LogP contribution in [0.1, 0.15) is 30.7 Å². The Kier molecular flexibility index (Phi) is 7.08. The molecule has 0 aromatic carbocycles. The highest BCUT2D eigenvalue weighted by Gasteiger charge is 2.18. The van der Waals surface area contributed by atoms with E-state index in [0.717, 1.165) is 39.0 Å². The average molecular weight is 406 g/mol. The van der Waals surface area contributed by atoms with E-state index >= 15 is 0 Å². The molecule has 0 N–H and O–H groups in total. The monoisotopic (exact) mass is 406 g/mol. The summed E-state index contributed by atoms with van der Waals surface area (Å²) in [4.78, 5) is 20.8. The van der Waals surface area contributed by atoms with Crippen molar-refractivity contribution < 1.29 is 14.3 Å². The first-order valence-electron chi connectivity index (χ1n) is 9.89. The molecule has 7 heteroatoms. The molecule has 0 aliphatic heterocycles. The van der Waals surface area contributed by atoms with Gasteiger partial charge in [-0.1, -0.05) is 18.2 Å². The van der Waals surface area contributed by atoms with Gasteiger partial charge >= 0.3 is 5.97 Å². The zero-order valence-electron chi connectivity index (χ0n) is 17.8. The minimum absolute atomic E-state index is 0.345. The van der Waals surface area contributed by atoms with Crippen LogP contribution in [0.25, 0.3) is 28.2 Å². The number of ether oxygens (including phenoxy) is 2. The van der Waals surface area contributed by atoms with Gasteiger partial charge in [-0.3, -0.25) is 4.98 Å². The van der Waals surface area contributed by atoms with Crippen LogP contribution in [0.4, 0.5) is 0 Å². The molecule has 0 aliphatic rings. The van der Waals surface area contributed by atoms with Crippen molar-refractivity contribution in [2.75, 3.05) is 13.7 Å². The van der Waals surface area contributed by atoms with E-state index in [-0.39, 0.29) is 5.97 Å². The highest BCUT2D eigenvalue weighted by molar-refractivity contribution is 5.98. The van der Waals surface area contributed by atoms with Gasteiger partial charge in [-0.15, -0.1) is 0 Å². The van der Waals surface area contributed by atoms with Crippen molar-refractivity contribution in [1.82, 2.24) is 19.7 Å². The Morgan fingerprint density at radius 1 is 1.20 bits per heavy atom. The number of esters is 1. The summed E-state index contributed by atoms with van der Waals surface area (Å²) >= 11 is 0. The van der Waals surface area contributed by atoms with E-state index in [1.165, 1.54) is 6.08 Å². The number of aromatic nitrogens is 4. The summed E-state index contributed by atoms with van der Waals surface area (Å²) in [5, 5.41) is 5.44. The number of aryl methyl sites for hydroxylation is 2. The lowest BCUT2D eigenvalue weighted by atomic mass is 9.96. The second-order valence-electron chi connectivity index (χ2n) is 6.70. The molecular weight excluding hydrogens is 380 g/mol. The predicted molar refractivity (Wildman–Crippen MR) is 117 cm³/mol. The molecule has 30 heavy (non-hydrogen) atoms. The number of allylic oxidation sites excluding steroid dienone is 2. The van der Waals surface area contributed by atoms with E-state index < -0.39 is 0 Å². The number of hydrogen-bond donors (Lipinski definition) is 0. The number of fused-ring (bicyclic) bond motifs is 1. The Bertz CT molecular complexity index is 1100. The van der Waals surface area contributed by atoms with E-state index in [1.54, 1.807) is 26.2 Å². The van der Waals surface area contributed by atoms with Crippen LogP contribution in [0.5, 0.6) is 0 Å². The van der Waals surface area contributed by atoms with Crippen molar-refractivity contribution in [3.63, 3.8) is 0 Å². The Morgan fingerprint density at radius 3 is 2.73 bits per heavy atom. The van der Waals surface area contributed by atoms with Crippen LogP contribution in [0, 0.1) is 6.92 Å². The zero-order chi connectivity index (χ0) is 21.5. The summed E-state index contributed by atoms with van der Waals surface area (Å²) in [7, 11) is 1.64. The number of rotatable bonds is 8. The largest absolute Gasteiger partial charge is 0.463 e. The van der Waals surface area contributed by atoms with Crippen LogP contribution in [-0.2, 0) is 27.4 Å². The molecule has 3 rings (SSSR count). The summed E-state index contributed by atoms with van der Waals surface area (Å²) in [5.41, 5.74) is 5.53. The van der Waals surface area contributed by atoms with Gasteiger partial charge in [0.15, 0.2) is 5.65 Å². The topological polar surface area (TPSA) is 79.1 Å². The van der Waals surface area contributed by atoms with E-state index in [0.29, 0.717) is 19.8 Å². The molecule has 3 heterocycles. The third-order valence-electron chi connectivity index (χ3n) is 4.54. The van der Waals surface area contributed by atoms with Crippen LogP contribution < -0.4 is 0 Å². The molecule has 7 nitrogen and oxygen atoms in total. The smallest absolute Gasteiger partial charge is 0.330 e. The van der Waals surface area contributed by atoms with Gasteiger partial charge in [-0.05, 0) is 32.4 Å². The Labute approximate surface area is 176 Å². The maximum atomic E-state index is 11.6. The highest BCUT2D eigenvalue weighted by Crippen LogP contribution is 2.34. The van der Waals surface area contributed by atoms with Crippen molar-refractivity contribution >= 4 is 23.1 Å². The Balaban J connectivity index is 2.21. The first kappa shape index (κ1) is 21.4. The molecule has 0 saturated heterocycles. The van der Waals surface area contributed by atoms with E-state index in [1.807, 2.05) is 43.2 Å². The van der Waals surface area contributed by atoms with Crippen molar-refractivity contribution in [3.05, 3.63) is 59.7 Å². The highest BCUT2D eigenvalue weighted by atomic mass is 16.5. The molecule has 0 saturated carbocycles. The van der Waals surface area contributed by atoms with Gasteiger partial charge in [0.1, 0.15) is 0 Å². The van der Waals surface area contributed by atoms with Crippen LogP contribution in [0.2, 0.25) is 0 Å². The summed E-state index contributed by atoms with van der Waals surface area (Å²) in [6.07, 6.45) is 12.3. The number of methoxy groups -OCH3 is 1. The lowest BCUT2D eigenvalue weighted by Crippen LogP contribution is -2.04. The summed E-state index contributed by atoms with van der Waals surface area (Å²) < 4.78 is 12.2. The molecule has 0 atom stereocenters. The van der Waals surface area contributed by atoms with Gasteiger partial charge < -0.3 is 9.47 Å². The normalized spacial score (nSPS) is 11.7. The van der Waals surface area contributed by atoms with Crippen LogP contribution in [-0.4, -0.2) is 39.4 Å². The second-order valence-corrected chi connectivity index (χ2v) is 6.70. The molecular formula is C23H26N4O3. The van der Waals surface area contributed by atoms with Crippen LogP contribution in [0.15, 0.2) is 42.9 Å². The second kappa shape index (κ2) is 9.93. The fourth-order valence-electron chi connectivity index (χ4n) is 3.29. The fourth-order valence-corrected chi connectivity index (χ4v) is 3.29. The fraction of sp³-hybridized carbons (Fsp3) is 0.304. The number of pyridine rings is 2. The number of nitrogens with zero attached hydrogens (tertiary/aromatic N) is 4. The molecule has 0 bridgehead atoms. The van der Waals surface area contributed by atoms with Gasteiger partial charge in [0.05, 0.1) is 25.1 Å². The van der Waals surface area contributed by atoms with Gasteiger partial charge in [0, 0.05) is 54.2 Å². The van der Waals surface area contributed by atoms with E-state index in [9.17, 15) is 4.79 Å². The molecule has 156 valence electrons. The van der Waals surface area contributed by atoms with Crippen LogP contribution in [0.3, 0.4) is 0 Å². The number of hydrogen-bond acceptors (Lipinski definition) is 6. The molecule has 0 spiro atoms. The first-order valence-corrected chi connectivity index (χ1v) is 9.89. The molecule has 0 fully saturated rings. The van der Waals surface area contributed by atoms with Gasteiger partial charge in [-0.2, -0.15) is 5.10 Å². The summed E-state index contributed by atoms with van der Waals surface area (Å²) in [6, 6.07) is 2.09. The maximum Gasteiger partial charge on any atom is 0.330 e. The van der Waals surface area contributed by atoms with Gasteiger partial charge in [0.25, 0.3) is 0 Å². The minimum Gasteiger partial charge on any atom is -0.463 e. The summed E-state index contributed by atoms with van der Waals surface area (Å²) in [6.45, 7) is 7.23. The Hall–Kier alpha value is -3.32. The number of carbonyl (C=O) groups is 1. The standard InChI is InChI=1S/C23H26N4O3/c1-5-27-23-19(14-25-27)22(17-11-16(3)12-24-13-17)18(20(26-23)15-29-4)9-7-8-10-21(28)30-6-2/h7-14H,5-6,15H2,1-4H3. The average Bonchev–Trinajstić information content (AvgIpc) is 3.14. The molecule has 0 radical (unpaired) electrons. The third-order valence-corrected chi connectivity index (χ3v) is 4.54. The van der Waals surface area contributed by atoms with Gasteiger partial charge in [-0.25, -0.2) is 14.5 Å². The Morgan fingerprint density at radius 2 is 2.03 bits per heavy atom. The number of carbonyl (C=O) groups excluding carboxylic acids is 1. The quantitative estimate of drug-likeness (QED) is 0.318. The van der Waals surface area contributed by atoms with E-state index in [4.69, 9.17) is 14.5 Å². The van der Waals surface area contributed by atoms with Crippen molar-refractivity contribution in [1.29, 1.82) is 0 Å². The molecule has 0 aliphatic carbocycles. The minimum atomic E-state index is -0.375. The van der Waals surface area contributed by atoms with E-state index in [2.05, 4.69) is 16.1 Å². The summed E-state index contributed by atoms with van der Waals surface area (Å²) in [5.74, 6) is -0.375. The predicted octanol–water partition coefficient (Wildman–Crippen LogP) is 4.10. The van der Waals surface area contributed by atoms with Crippen molar-refractivity contribution in [3.8, 4) is 11.1 Å². The molecule has 3 aromatic heterocycles. The molecule has 0 unspecified atom stereocenters. The van der Waals surface area contributed by atoms with Crippen molar-refractivity contribution in [2.24, 2.45) is 0 Å². The maximum absolute atomic E-state index is 11.6.